The number of aryl methyl sites for hydroxylation is 1. The van der Waals surface area contributed by atoms with Gasteiger partial charge in [-0.15, -0.1) is 11.3 Å². The van der Waals surface area contributed by atoms with E-state index < -0.39 is 16.0 Å². The van der Waals surface area contributed by atoms with E-state index in [1.807, 2.05) is 0 Å². The van der Waals surface area contributed by atoms with Gasteiger partial charge in [0.2, 0.25) is 10.0 Å². The van der Waals surface area contributed by atoms with Crippen molar-refractivity contribution in [1.82, 2.24) is 4.31 Å². The molecule has 106 valence electrons. The van der Waals surface area contributed by atoms with Crippen LogP contribution in [0.25, 0.3) is 0 Å². The summed E-state index contributed by atoms with van der Waals surface area (Å²) >= 11 is 0.975. The zero-order valence-corrected chi connectivity index (χ0v) is 12.4. The lowest BCUT2D eigenvalue weighted by molar-refractivity contribution is 0.0698. The lowest BCUT2D eigenvalue weighted by atomic mass is 10.2. The zero-order chi connectivity index (χ0) is 14.0. The van der Waals surface area contributed by atoms with Gasteiger partial charge < -0.3 is 5.11 Å². The largest absolute Gasteiger partial charge is 0.477 e. The third kappa shape index (κ3) is 2.82. The van der Waals surface area contributed by atoms with E-state index in [9.17, 15) is 13.2 Å². The summed E-state index contributed by atoms with van der Waals surface area (Å²) in [6.07, 6.45) is 3.73. The third-order valence-electron chi connectivity index (χ3n) is 3.28. The molecule has 0 spiro atoms. The van der Waals surface area contributed by atoms with Crippen molar-refractivity contribution in [3.63, 3.8) is 0 Å². The van der Waals surface area contributed by atoms with Crippen LogP contribution in [0.3, 0.4) is 0 Å². The fourth-order valence-electron chi connectivity index (χ4n) is 2.31. The molecule has 2 rings (SSSR count). The number of aromatic carboxylic acids is 1. The highest BCUT2D eigenvalue weighted by Crippen LogP contribution is 2.30. The fraction of sp³-hybridized carbons (Fsp3) is 0.583. The first kappa shape index (κ1) is 14.5. The standard InChI is InChI=1S/C12H17NO4S2/c1-9-8-18-10(12(14)15)11(9)19(16,17)13-6-4-2-3-5-7-13/h8H,2-7H2,1H3,(H,14,15). The van der Waals surface area contributed by atoms with Crippen molar-refractivity contribution in [2.45, 2.75) is 37.5 Å². The normalized spacial score (nSPS) is 18.2. The van der Waals surface area contributed by atoms with E-state index in [-0.39, 0.29) is 9.77 Å². The molecule has 1 saturated heterocycles. The Hall–Kier alpha value is -0.920. The predicted molar refractivity (Wildman–Crippen MR) is 73.2 cm³/mol. The van der Waals surface area contributed by atoms with Gasteiger partial charge in [0.1, 0.15) is 9.77 Å². The lowest BCUT2D eigenvalue weighted by Crippen LogP contribution is -2.32. The highest BCUT2D eigenvalue weighted by Gasteiger charge is 2.32. The number of nitrogens with zero attached hydrogens (tertiary/aromatic N) is 1. The molecule has 5 nitrogen and oxygen atoms in total. The molecule has 0 atom stereocenters. The first-order valence-corrected chi connectivity index (χ1v) is 8.58. The molecule has 1 aromatic heterocycles. The van der Waals surface area contributed by atoms with Crippen LogP contribution < -0.4 is 0 Å². The quantitative estimate of drug-likeness (QED) is 0.930. The summed E-state index contributed by atoms with van der Waals surface area (Å²) in [6, 6.07) is 0. The van der Waals surface area contributed by atoms with Gasteiger partial charge in [0.05, 0.1) is 0 Å². The molecule has 1 aliphatic rings. The Morgan fingerprint density at radius 3 is 2.37 bits per heavy atom. The minimum absolute atomic E-state index is 0.0214. The summed E-state index contributed by atoms with van der Waals surface area (Å²) in [7, 11) is -3.69. The van der Waals surface area contributed by atoms with Crippen LogP contribution in [-0.4, -0.2) is 36.9 Å². The highest BCUT2D eigenvalue weighted by molar-refractivity contribution is 7.89. The Morgan fingerprint density at radius 2 is 1.84 bits per heavy atom. The Kier molecular flexibility index (Phi) is 4.27. The molecule has 1 aliphatic heterocycles. The smallest absolute Gasteiger partial charge is 0.347 e. The zero-order valence-electron chi connectivity index (χ0n) is 10.8. The van der Waals surface area contributed by atoms with Gasteiger partial charge in [-0.1, -0.05) is 12.8 Å². The van der Waals surface area contributed by atoms with E-state index in [1.54, 1.807) is 12.3 Å². The average Bonchev–Trinajstić information content (AvgIpc) is 2.58. The summed E-state index contributed by atoms with van der Waals surface area (Å²) in [6.45, 7) is 2.61. The maximum atomic E-state index is 12.6. The number of carboxylic acids is 1. The third-order valence-corrected chi connectivity index (χ3v) is 6.58. The maximum Gasteiger partial charge on any atom is 0.347 e. The van der Waals surface area contributed by atoms with E-state index in [1.165, 1.54) is 4.31 Å². The van der Waals surface area contributed by atoms with Crippen molar-refractivity contribution < 1.29 is 18.3 Å². The molecule has 0 aromatic carbocycles. The summed E-state index contributed by atoms with van der Waals surface area (Å²) in [5.41, 5.74) is 0.520. The highest BCUT2D eigenvalue weighted by atomic mass is 32.2. The van der Waals surface area contributed by atoms with Crippen molar-refractivity contribution in [2.24, 2.45) is 0 Å². The van der Waals surface area contributed by atoms with Crippen molar-refractivity contribution >= 4 is 27.3 Å². The monoisotopic (exact) mass is 303 g/mol. The molecular formula is C12H17NO4S2. The second-order valence-electron chi connectivity index (χ2n) is 4.70. The number of thiophene rings is 1. The van der Waals surface area contributed by atoms with Crippen LogP contribution in [0, 0.1) is 6.92 Å². The molecule has 0 aliphatic carbocycles. The first-order chi connectivity index (χ1) is 8.94. The van der Waals surface area contributed by atoms with Crippen LogP contribution in [0.2, 0.25) is 0 Å². The molecule has 0 amide bonds. The molecule has 1 N–H and O–H groups in total. The van der Waals surface area contributed by atoms with Gasteiger partial charge in [0.15, 0.2) is 0 Å². The number of carbonyl (C=O) groups is 1. The van der Waals surface area contributed by atoms with E-state index >= 15 is 0 Å². The second kappa shape index (κ2) is 5.60. The summed E-state index contributed by atoms with van der Waals surface area (Å²) in [5.74, 6) is -1.17. The van der Waals surface area contributed by atoms with Gasteiger partial charge in [-0.2, -0.15) is 4.31 Å². The van der Waals surface area contributed by atoms with Gasteiger partial charge in [0.25, 0.3) is 0 Å². The topological polar surface area (TPSA) is 74.7 Å². The number of hydrogen-bond donors (Lipinski definition) is 1. The van der Waals surface area contributed by atoms with Crippen molar-refractivity contribution in [1.29, 1.82) is 0 Å². The molecule has 0 saturated carbocycles. The average molecular weight is 303 g/mol. The Morgan fingerprint density at radius 1 is 1.26 bits per heavy atom. The molecule has 7 heteroatoms. The fourth-order valence-corrected chi connectivity index (χ4v) is 5.41. The van der Waals surface area contributed by atoms with Crippen molar-refractivity contribution in [2.75, 3.05) is 13.1 Å². The van der Waals surface area contributed by atoms with Crippen LogP contribution in [0.1, 0.15) is 40.9 Å². The van der Waals surface area contributed by atoms with Crippen LogP contribution in [0.4, 0.5) is 0 Å². The van der Waals surface area contributed by atoms with Gasteiger partial charge in [0, 0.05) is 13.1 Å². The molecule has 1 aromatic rings. The van der Waals surface area contributed by atoms with E-state index in [0.717, 1.165) is 37.0 Å². The number of carboxylic acid groups (broad SMARTS) is 1. The van der Waals surface area contributed by atoms with Gasteiger partial charge in [-0.25, -0.2) is 13.2 Å². The Bertz CT molecular complexity index is 569. The first-order valence-electron chi connectivity index (χ1n) is 6.26. The number of hydrogen-bond acceptors (Lipinski definition) is 4. The molecule has 0 bridgehead atoms. The predicted octanol–water partition coefficient (Wildman–Crippen LogP) is 2.32. The summed E-state index contributed by atoms with van der Waals surface area (Å²) in [4.78, 5) is 11.1. The van der Waals surface area contributed by atoms with Crippen LogP contribution in [0.5, 0.6) is 0 Å². The van der Waals surface area contributed by atoms with Crippen LogP contribution in [0.15, 0.2) is 10.3 Å². The van der Waals surface area contributed by atoms with E-state index in [0.29, 0.717) is 18.7 Å². The van der Waals surface area contributed by atoms with Crippen molar-refractivity contribution in [3.05, 3.63) is 15.8 Å². The van der Waals surface area contributed by atoms with Gasteiger partial charge >= 0.3 is 5.97 Å². The molecule has 0 radical (unpaired) electrons. The molecule has 0 unspecified atom stereocenters. The SMILES string of the molecule is Cc1csc(C(=O)O)c1S(=O)(=O)N1CCCCCC1. The Labute approximate surface area is 116 Å². The van der Waals surface area contributed by atoms with Crippen LogP contribution in [-0.2, 0) is 10.0 Å². The minimum Gasteiger partial charge on any atom is -0.477 e. The summed E-state index contributed by atoms with van der Waals surface area (Å²) in [5, 5.41) is 10.7. The second-order valence-corrected chi connectivity index (χ2v) is 7.45. The maximum absolute atomic E-state index is 12.6. The van der Waals surface area contributed by atoms with E-state index in [2.05, 4.69) is 0 Å². The minimum atomic E-state index is -3.69. The number of rotatable bonds is 3. The molecule has 1 fully saturated rings. The molecule has 19 heavy (non-hydrogen) atoms. The van der Waals surface area contributed by atoms with Crippen LogP contribution >= 0.6 is 11.3 Å². The molecule has 2 heterocycles. The van der Waals surface area contributed by atoms with Gasteiger partial charge in [-0.05, 0) is 30.7 Å². The summed E-state index contributed by atoms with van der Waals surface area (Å²) < 4.78 is 26.7. The molecular weight excluding hydrogens is 286 g/mol. The lowest BCUT2D eigenvalue weighted by Gasteiger charge is -2.20. The van der Waals surface area contributed by atoms with Gasteiger partial charge in [-0.3, -0.25) is 0 Å². The van der Waals surface area contributed by atoms with E-state index in [4.69, 9.17) is 5.11 Å². The van der Waals surface area contributed by atoms with Crippen molar-refractivity contribution in [3.8, 4) is 0 Å². The Balaban J connectivity index is 2.43. The number of sulfonamides is 1.